The Balaban J connectivity index is 0.888. The van der Waals surface area contributed by atoms with Crippen molar-refractivity contribution < 1.29 is 51.3 Å². The van der Waals surface area contributed by atoms with Crippen molar-refractivity contribution in [3.05, 3.63) is 223 Å². The molecule has 11 nitrogen and oxygen atoms in total. The number of methoxy groups -OCH3 is 1. The van der Waals surface area contributed by atoms with Gasteiger partial charge in [-0.2, -0.15) is 0 Å². The van der Waals surface area contributed by atoms with E-state index in [0.717, 1.165) is 28.9 Å². The first-order valence-corrected chi connectivity index (χ1v) is 35.0. The molecule has 7 aromatic carbocycles. The Kier molecular flexibility index (Phi) is 20.8. The molecule has 446 valence electrons. The van der Waals surface area contributed by atoms with Crippen molar-refractivity contribution in [3.8, 4) is 5.75 Å². The molecule has 3 fully saturated rings. The molecule has 4 aliphatic rings. The van der Waals surface area contributed by atoms with Crippen LogP contribution in [-0.4, -0.2) is 114 Å². The Morgan fingerprint density at radius 3 is 2.13 bits per heavy atom. The average molecular weight is 1250 g/mol. The van der Waals surface area contributed by atoms with Crippen LogP contribution in [0, 0.1) is 6.92 Å². The molecular formula is C71H80O11SSeSi. The van der Waals surface area contributed by atoms with Crippen LogP contribution in [-0.2, 0) is 59.7 Å². The fraction of sp³-hybridized carbons (Fsp3) is 0.380. The predicted octanol–water partition coefficient (Wildman–Crippen LogP) is 12.0. The van der Waals surface area contributed by atoms with E-state index in [-0.39, 0.29) is 49.4 Å². The average Bonchev–Trinajstić information content (AvgIpc) is 3.19. The maximum absolute atomic E-state index is 13.6. The molecule has 14 heteroatoms. The normalized spacial score (nSPS) is 25.8. The van der Waals surface area contributed by atoms with Gasteiger partial charge in [0.15, 0.2) is 0 Å². The molecule has 12 atom stereocenters. The second kappa shape index (κ2) is 29.0. The van der Waals surface area contributed by atoms with Crippen LogP contribution in [0.2, 0.25) is 5.04 Å². The van der Waals surface area contributed by atoms with E-state index in [9.17, 15) is 4.21 Å². The van der Waals surface area contributed by atoms with Gasteiger partial charge in [-0.05, 0) is 12.3 Å². The minimum atomic E-state index is -2.92. The van der Waals surface area contributed by atoms with Crippen LogP contribution in [0.15, 0.2) is 211 Å². The molecule has 0 spiro atoms. The van der Waals surface area contributed by atoms with Crippen molar-refractivity contribution in [3.63, 3.8) is 0 Å². The van der Waals surface area contributed by atoms with Crippen LogP contribution < -0.4 is 19.6 Å². The maximum atomic E-state index is 13.6. The number of rotatable bonds is 21. The van der Waals surface area contributed by atoms with E-state index < -0.39 is 55.9 Å². The van der Waals surface area contributed by atoms with Crippen LogP contribution in [0.1, 0.15) is 82.3 Å². The van der Waals surface area contributed by atoms with Gasteiger partial charge in [0, 0.05) is 0 Å². The Labute approximate surface area is 512 Å². The van der Waals surface area contributed by atoms with E-state index in [2.05, 4.69) is 166 Å². The van der Waals surface area contributed by atoms with Crippen molar-refractivity contribution in [2.24, 2.45) is 0 Å². The van der Waals surface area contributed by atoms with Crippen molar-refractivity contribution in [1.29, 1.82) is 0 Å². The summed E-state index contributed by atoms with van der Waals surface area (Å²) >= 11 is -0.187. The van der Waals surface area contributed by atoms with Crippen molar-refractivity contribution in [2.45, 2.75) is 149 Å². The van der Waals surface area contributed by atoms with E-state index in [1.807, 2.05) is 55.5 Å². The summed E-state index contributed by atoms with van der Waals surface area (Å²) in [5.74, 6) is 0.767. The fourth-order valence-corrected chi connectivity index (χ4v) is 19.9. The third-order valence-corrected chi connectivity index (χ3v) is 25.2. The summed E-state index contributed by atoms with van der Waals surface area (Å²) in [4.78, 5) is 0.708. The summed E-state index contributed by atoms with van der Waals surface area (Å²) in [5, 5.41) is 5.95. The standard InChI is InChI=1S/C71H80O11SSeSi/c1-50-28-36-57(37-29-50)83(72)43-42-75-65-46-64-66(45-56(38-40-74-64)76-48-51-30-31-52-18-15-16-19-54(52)44-51)80-67(65)47-69(84-58-20-9-6-10-21-58)81-61-26-17-27-62-68(49-77-70(82-62)53-32-34-55(73-5)35-33-53)79-63(61)39-41-78-85(71(2,3)4,59-22-11-7-12-23-59)60-24-13-8-14-25-60/h6-25,27-37,42-44,56,61-70H,26,38-41,45-49H2,1-5H3/b27-17-,43-42-/t56-,61+,62-,63-,64+,65-,66-,67+,68+,69?,70+,83-/m0/s1. The molecule has 85 heavy (non-hydrogen) atoms. The number of aryl methyl sites for hydroxylation is 1. The zero-order valence-electron chi connectivity index (χ0n) is 49.4. The fourth-order valence-electron chi connectivity index (χ4n) is 12.3. The van der Waals surface area contributed by atoms with Gasteiger partial charge < -0.3 is 4.74 Å². The summed E-state index contributed by atoms with van der Waals surface area (Å²) in [6.07, 6.45) is 5.97. The number of ether oxygens (including phenoxy) is 9. The third kappa shape index (κ3) is 15.4. The van der Waals surface area contributed by atoms with Gasteiger partial charge in [0.05, 0.1) is 7.11 Å². The van der Waals surface area contributed by atoms with Crippen molar-refractivity contribution in [2.75, 3.05) is 26.9 Å². The number of fused-ring (bicyclic) bond motifs is 3. The molecule has 0 saturated carbocycles. The summed E-state index contributed by atoms with van der Waals surface area (Å²) in [6, 6.07) is 62.7. The van der Waals surface area contributed by atoms with Crippen molar-refractivity contribution in [1.82, 2.24) is 0 Å². The first-order valence-electron chi connectivity index (χ1n) is 30.0. The number of benzene rings is 7. The van der Waals surface area contributed by atoms with E-state index in [4.69, 9.17) is 47.1 Å². The summed E-state index contributed by atoms with van der Waals surface area (Å²) < 4.78 is 83.6. The SMILES string of the molecule is COc1ccc([C@@H]2OC[C@H]3O[C@@H](CCO[Si](c4ccccc4)(c4ccccc4)C(C)(C)C)[C@H](OC(C[C@H]4O[C@H]5C[C@@H](OCc6ccc7ccccc7c6)CCO[C@@H]5C[C@@H]4O/C=C\[S@](=O)c4ccc(C)cc4)[Se]c4ccccc4)C/C=C\[C@@H]3O2)cc1. The van der Waals surface area contributed by atoms with Gasteiger partial charge in [0.25, 0.3) is 0 Å². The van der Waals surface area contributed by atoms with Gasteiger partial charge in [-0.3, -0.25) is 0 Å². The molecule has 4 heterocycles. The Bertz CT molecular complexity index is 3250. The van der Waals surface area contributed by atoms with Crippen LogP contribution in [0.5, 0.6) is 5.75 Å². The molecule has 0 radical (unpaired) electrons. The zero-order chi connectivity index (χ0) is 58.6. The number of hydrogen-bond donors (Lipinski definition) is 0. The van der Waals surface area contributed by atoms with E-state index in [1.165, 1.54) is 25.6 Å². The van der Waals surface area contributed by atoms with Crippen LogP contribution in [0.4, 0.5) is 0 Å². The van der Waals surface area contributed by atoms with Gasteiger partial charge in [0.1, 0.15) is 5.75 Å². The zero-order valence-corrected chi connectivity index (χ0v) is 52.9. The molecule has 1 unspecified atom stereocenters. The van der Waals surface area contributed by atoms with E-state index in [0.29, 0.717) is 63.4 Å². The van der Waals surface area contributed by atoms with Crippen molar-refractivity contribution >= 4 is 59.7 Å². The molecule has 0 bridgehead atoms. The molecule has 7 aromatic rings. The minimum absolute atomic E-state index is 0.0780. The van der Waals surface area contributed by atoms with Crippen LogP contribution >= 0.6 is 0 Å². The van der Waals surface area contributed by atoms with Gasteiger partial charge in [-0.15, -0.1) is 0 Å². The van der Waals surface area contributed by atoms with E-state index >= 15 is 0 Å². The van der Waals surface area contributed by atoms with Gasteiger partial charge in [0.2, 0.25) is 0 Å². The van der Waals surface area contributed by atoms with E-state index in [1.54, 1.807) is 18.8 Å². The molecule has 0 aromatic heterocycles. The Hall–Kier alpha value is -5.55. The molecule has 11 rings (SSSR count). The second-order valence-electron chi connectivity index (χ2n) is 23.5. The van der Waals surface area contributed by atoms with Gasteiger partial charge in [-0.25, -0.2) is 0 Å². The van der Waals surface area contributed by atoms with Crippen LogP contribution in [0.25, 0.3) is 10.8 Å². The molecule has 4 aliphatic heterocycles. The predicted molar refractivity (Wildman–Crippen MR) is 339 cm³/mol. The Morgan fingerprint density at radius 1 is 0.718 bits per heavy atom. The summed E-state index contributed by atoms with van der Waals surface area (Å²) in [6.45, 7) is 10.7. The van der Waals surface area contributed by atoms with Gasteiger partial charge >= 0.3 is 461 Å². The topological polar surface area (TPSA) is 109 Å². The quantitative estimate of drug-likeness (QED) is 0.0390. The van der Waals surface area contributed by atoms with Gasteiger partial charge in [-0.1, -0.05) is 24.3 Å². The first-order chi connectivity index (χ1) is 41.5. The summed E-state index contributed by atoms with van der Waals surface area (Å²) in [5.41, 5.74) is 3.14. The molecule has 0 aliphatic carbocycles. The van der Waals surface area contributed by atoms with Crippen LogP contribution in [0.3, 0.4) is 0 Å². The second-order valence-corrected chi connectivity index (χ2v) is 31.8. The third-order valence-electron chi connectivity index (χ3n) is 16.7. The molecular weight excluding hydrogens is 1170 g/mol. The number of hydrogen-bond acceptors (Lipinski definition) is 11. The first kappa shape index (κ1) is 61.1. The Morgan fingerprint density at radius 2 is 1.41 bits per heavy atom. The molecule has 3 saturated heterocycles. The summed E-state index contributed by atoms with van der Waals surface area (Å²) in [7, 11) is -2.68. The molecule has 0 N–H and O–H groups in total. The molecule has 0 amide bonds. The monoisotopic (exact) mass is 1250 g/mol.